The van der Waals surface area contributed by atoms with E-state index in [1.807, 2.05) is 37.3 Å². The normalized spacial score (nSPS) is 19.0. The van der Waals surface area contributed by atoms with Crippen LogP contribution in [0.4, 0.5) is 4.79 Å². The smallest absolute Gasteiger partial charge is 0.322 e. The molecular weight excluding hydrogens is 330 g/mol. The summed E-state index contributed by atoms with van der Waals surface area (Å²) in [6, 6.07) is 16.3. The van der Waals surface area contributed by atoms with Crippen molar-refractivity contribution in [3.05, 3.63) is 71.3 Å². The summed E-state index contributed by atoms with van der Waals surface area (Å²) < 4.78 is 0. The number of amides is 4. The molecule has 2 aromatic rings. The summed E-state index contributed by atoms with van der Waals surface area (Å²) in [6.45, 7) is 2.42. The average molecular weight is 351 g/mol. The molecule has 1 heterocycles. The second-order valence-electron chi connectivity index (χ2n) is 6.45. The highest BCUT2D eigenvalue weighted by atomic mass is 16.2. The molecule has 1 fully saturated rings. The topological polar surface area (TPSA) is 87.3 Å². The Morgan fingerprint density at radius 2 is 1.85 bits per heavy atom. The molecule has 1 aliphatic rings. The first-order valence-electron chi connectivity index (χ1n) is 8.51. The lowest BCUT2D eigenvalue weighted by molar-refractivity contribution is -0.125. The maximum atomic E-state index is 12.4. The van der Waals surface area contributed by atoms with E-state index < -0.39 is 17.5 Å². The number of carbonyl (C=O) groups excluding carboxylic acids is 3. The van der Waals surface area contributed by atoms with Crippen LogP contribution in [0, 0.1) is 6.92 Å². The molecule has 6 heteroatoms. The van der Waals surface area contributed by atoms with Crippen LogP contribution < -0.4 is 16.0 Å². The quantitative estimate of drug-likeness (QED) is 0.697. The minimum Gasteiger partial charge on any atom is -0.352 e. The van der Waals surface area contributed by atoms with Crippen LogP contribution in [-0.2, 0) is 21.7 Å². The maximum Gasteiger partial charge on any atom is 0.322 e. The predicted molar refractivity (Wildman–Crippen MR) is 97.1 cm³/mol. The van der Waals surface area contributed by atoms with Gasteiger partial charge in [-0.25, -0.2) is 4.79 Å². The lowest BCUT2D eigenvalue weighted by Gasteiger charge is -2.26. The van der Waals surface area contributed by atoms with Crippen molar-refractivity contribution in [1.29, 1.82) is 0 Å². The van der Waals surface area contributed by atoms with E-state index in [9.17, 15) is 14.4 Å². The molecule has 3 N–H and O–H groups in total. The third-order valence-corrected chi connectivity index (χ3v) is 4.51. The van der Waals surface area contributed by atoms with Crippen molar-refractivity contribution in [2.24, 2.45) is 0 Å². The van der Waals surface area contributed by atoms with Crippen LogP contribution >= 0.6 is 0 Å². The lowest BCUT2D eigenvalue weighted by Crippen LogP contribution is -2.44. The fourth-order valence-electron chi connectivity index (χ4n) is 3.15. The number of aryl methyl sites for hydroxylation is 1. The minimum atomic E-state index is -1.21. The first-order chi connectivity index (χ1) is 12.5. The zero-order valence-corrected chi connectivity index (χ0v) is 14.5. The van der Waals surface area contributed by atoms with E-state index in [1.165, 1.54) is 0 Å². The number of urea groups is 1. The molecule has 134 valence electrons. The summed E-state index contributed by atoms with van der Waals surface area (Å²) in [7, 11) is 0. The van der Waals surface area contributed by atoms with E-state index in [0.717, 1.165) is 11.1 Å². The van der Waals surface area contributed by atoms with Crippen LogP contribution in [-0.4, -0.2) is 17.8 Å². The molecule has 0 radical (unpaired) electrons. The molecule has 0 spiro atoms. The monoisotopic (exact) mass is 351 g/mol. The Balaban J connectivity index is 1.66. The fourth-order valence-corrected chi connectivity index (χ4v) is 3.15. The van der Waals surface area contributed by atoms with Crippen LogP contribution in [0.5, 0.6) is 0 Å². The van der Waals surface area contributed by atoms with Gasteiger partial charge in [-0.2, -0.15) is 0 Å². The Hall–Kier alpha value is -3.15. The SMILES string of the molecule is Cc1cccc(CNC(=O)CCC2(c3ccccc3)NC(=O)NC2=O)c1. The van der Waals surface area contributed by atoms with Crippen molar-refractivity contribution in [2.75, 3.05) is 0 Å². The highest BCUT2D eigenvalue weighted by Gasteiger charge is 2.47. The van der Waals surface area contributed by atoms with E-state index in [1.54, 1.807) is 24.3 Å². The first kappa shape index (κ1) is 17.7. The van der Waals surface area contributed by atoms with Crippen LogP contribution in [0.25, 0.3) is 0 Å². The molecule has 0 saturated carbocycles. The van der Waals surface area contributed by atoms with E-state index in [2.05, 4.69) is 16.0 Å². The van der Waals surface area contributed by atoms with Gasteiger partial charge in [0.25, 0.3) is 5.91 Å². The van der Waals surface area contributed by atoms with Crippen LogP contribution in [0.3, 0.4) is 0 Å². The molecule has 1 unspecified atom stereocenters. The molecular formula is C20H21N3O3. The Morgan fingerprint density at radius 1 is 1.08 bits per heavy atom. The summed E-state index contributed by atoms with van der Waals surface area (Å²) in [6.07, 6.45) is 0.308. The largest absolute Gasteiger partial charge is 0.352 e. The van der Waals surface area contributed by atoms with Gasteiger partial charge in [-0.15, -0.1) is 0 Å². The van der Waals surface area contributed by atoms with Gasteiger partial charge in [0.05, 0.1) is 0 Å². The molecule has 0 bridgehead atoms. The predicted octanol–water partition coefficient (Wildman–Crippen LogP) is 2.13. The number of hydrogen-bond acceptors (Lipinski definition) is 3. The molecule has 1 aliphatic heterocycles. The Kier molecular flexibility index (Phi) is 5.02. The van der Waals surface area contributed by atoms with Crippen LogP contribution in [0.15, 0.2) is 54.6 Å². The third kappa shape index (κ3) is 3.74. The van der Waals surface area contributed by atoms with Crippen molar-refractivity contribution in [3.8, 4) is 0 Å². The minimum absolute atomic E-state index is 0.119. The number of benzene rings is 2. The standard InChI is InChI=1S/C20H21N3O3/c1-14-6-5-7-15(12-14)13-21-17(24)10-11-20(16-8-3-2-4-9-16)18(25)22-19(26)23-20/h2-9,12H,10-11,13H2,1H3,(H,21,24)(H2,22,23,25,26). The summed E-state index contributed by atoms with van der Waals surface area (Å²) >= 11 is 0. The van der Waals surface area contributed by atoms with Gasteiger partial charge in [0.2, 0.25) is 5.91 Å². The van der Waals surface area contributed by atoms with E-state index in [-0.39, 0.29) is 18.7 Å². The van der Waals surface area contributed by atoms with E-state index in [4.69, 9.17) is 0 Å². The fraction of sp³-hybridized carbons (Fsp3) is 0.250. The van der Waals surface area contributed by atoms with Crippen molar-refractivity contribution in [1.82, 2.24) is 16.0 Å². The third-order valence-electron chi connectivity index (χ3n) is 4.51. The van der Waals surface area contributed by atoms with Crippen molar-refractivity contribution in [2.45, 2.75) is 31.8 Å². The van der Waals surface area contributed by atoms with Gasteiger partial charge < -0.3 is 10.6 Å². The van der Waals surface area contributed by atoms with E-state index in [0.29, 0.717) is 12.1 Å². The van der Waals surface area contributed by atoms with Gasteiger partial charge in [0.15, 0.2) is 0 Å². The highest BCUT2D eigenvalue weighted by Crippen LogP contribution is 2.29. The first-order valence-corrected chi connectivity index (χ1v) is 8.51. The molecule has 3 rings (SSSR count). The van der Waals surface area contributed by atoms with Crippen molar-refractivity contribution in [3.63, 3.8) is 0 Å². The Morgan fingerprint density at radius 3 is 2.50 bits per heavy atom. The summed E-state index contributed by atoms with van der Waals surface area (Å²) in [4.78, 5) is 36.4. The van der Waals surface area contributed by atoms with E-state index >= 15 is 0 Å². The lowest BCUT2D eigenvalue weighted by atomic mass is 9.85. The zero-order chi connectivity index (χ0) is 18.6. The number of carbonyl (C=O) groups is 3. The van der Waals surface area contributed by atoms with Gasteiger partial charge in [0.1, 0.15) is 5.54 Å². The summed E-state index contributed by atoms with van der Waals surface area (Å²) in [5, 5.41) is 7.83. The molecule has 0 aromatic heterocycles. The van der Waals surface area contributed by atoms with Crippen LogP contribution in [0.2, 0.25) is 0 Å². The number of nitrogens with one attached hydrogen (secondary N) is 3. The zero-order valence-electron chi connectivity index (χ0n) is 14.5. The Labute approximate surface area is 152 Å². The number of hydrogen-bond donors (Lipinski definition) is 3. The molecule has 6 nitrogen and oxygen atoms in total. The number of imide groups is 1. The molecule has 1 saturated heterocycles. The van der Waals surface area contributed by atoms with Gasteiger partial charge in [-0.3, -0.25) is 14.9 Å². The molecule has 26 heavy (non-hydrogen) atoms. The van der Waals surface area contributed by atoms with Crippen molar-refractivity contribution < 1.29 is 14.4 Å². The maximum absolute atomic E-state index is 12.4. The Bertz CT molecular complexity index is 835. The molecule has 1 atom stereocenters. The second kappa shape index (κ2) is 7.39. The summed E-state index contributed by atoms with van der Waals surface area (Å²) in [5.74, 6) is -0.601. The second-order valence-corrected chi connectivity index (χ2v) is 6.45. The van der Waals surface area contributed by atoms with Crippen molar-refractivity contribution >= 4 is 17.8 Å². The molecule has 0 aliphatic carbocycles. The van der Waals surface area contributed by atoms with Gasteiger partial charge in [-0.1, -0.05) is 60.2 Å². The van der Waals surface area contributed by atoms with Crippen LogP contribution in [0.1, 0.15) is 29.5 Å². The molecule has 4 amide bonds. The average Bonchev–Trinajstić information content (AvgIpc) is 2.93. The summed E-state index contributed by atoms with van der Waals surface area (Å²) in [5.41, 5.74) is 1.60. The van der Waals surface area contributed by atoms with Gasteiger partial charge in [-0.05, 0) is 24.5 Å². The number of rotatable bonds is 6. The van der Waals surface area contributed by atoms with Gasteiger partial charge >= 0.3 is 6.03 Å². The molecule has 2 aromatic carbocycles. The van der Waals surface area contributed by atoms with Gasteiger partial charge in [0, 0.05) is 13.0 Å². The highest BCUT2D eigenvalue weighted by molar-refractivity contribution is 6.07.